The molecule has 0 aromatic carbocycles. The maximum absolute atomic E-state index is 12.7. The van der Waals surface area contributed by atoms with Crippen LogP contribution in [0, 0.1) is 5.92 Å². The van der Waals surface area contributed by atoms with Gasteiger partial charge in [-0.25, -0.2) is 0 Å². The molecule has 0 radical (unpaired) electrons. The fourth-order valence-corrected chi connectivity index (χ4v) is 3.09. The number of amides is 1. The second-order valence-corrected chi connectivity index (χ2v) is 5.85. The molecule has 2 saturated heterocycles. The second-order valence-electron chi connectivity index (χ2n) is 5.85. The first kappa shape index (κ1) is 12.8. The molecule has 1 N–H and O–H groups in total. The summed E-state index contributed by atoms with van der Waals surface area (Å²) < 4.78 is 0. The molecule has 0 saturated carbocycles. The summed E-state index contributed by atoms with van der Waals surface area (Å²) in [6.07, 6.45) is 1.91. The average molecular weight is 239 g/mol. The molecule has 4 nitrogen and oxygen atoms in total. The van der Waals surface area contributed by atoms with E-state index in [1.165, 1.54) is 0 Å². The normalized spacial score (nSPS) is 25.9. The summed E-state index contributed by atoms with van der Waals surface area (Å²) in [5.41, 5.74) is -0.210. The van der Waals surface area contributed by atoms with E-state index in [9.17, 15) is 4.79 Å². The van der Waals surface area contributed by atoms with Crippen molar-refractivity contribution < 1.29 is 4.79 Å². The quantitative estimate of drug-likeness (QED) is 0.764. The Morgan fingerprint density at radius 2 is 1.94 bits per heavy atom. The van der Waals surface area contributed by atoms with E-state index in [-0.39, 0.29) is 5.54 Å². The number of carbonyl (C=O) groups is 1. The Morgan fingerprint density at radius 1 is 1.29 bits per heavy atom. The van der Waals surface area contributed by atoms with Gasteiger partial charge in [-0.2, -0.15) is 0 Å². The lowest BCUT2D eigenvalue weighted by Gasteiger charge is -2.50. The predicted molar refractivity (Wildman–Crippen MR) is 68.9 cm³/mol. The lowest BCUT2D eigenvalue weighted by molar-refractivity contribution is -0.153. The van der Waals surface area contributed by atoms with Gasteiger partial charge in [-0.3, -0.25) is 9.69 Å². The van der Waals surface area contributed by atoms with Crippen LogP contribution in [0.15, 0.2) is 0 Å². The minimum atomic E-state index is -0.210. The first-order valence-corrected chi connectivity index (χ1v) is 6.77. The molecule has 2 fully saturated rings. The van der Waals surface area contributed by atoms with Crippen LogP contribution in [0.3, 0.4) is 0 Å². The number of rotatable bonds is 2. The monoisotopic (exact) mass is 239 g/mol. The van der Waals surface area contributed by atoms with E-state index in [1.54, 1.807) is 0 Å². The smallest absolute Gasteiger partial charge is 0.243 e. The third-order valence-corrected chi connectivity index (χ3v) is 4.14. The van der Waals surface area contributed by atoms with Crippen molar-refractivity contribution in [1.29, 1.82) is 0 Å². The summed E-state index contributed by atoms with van der Waals surface area (Å²) in [6, 6.07) is 0. The molecule has 0 aliphatic carbocycles. The number of piperidine rings is 1. The van der Waals surface area contributed by atoms with E-state index in [4.69, 9.17) is 0 Å². The van der Waals surface area contributed by atoms with Crippen molar-refractivity contribution >= 4 is 5.91 Å². The molecule has 2 heterocycles. The highest BCUT2D eigenvalue weighted by Crippen LogP contribution is 2.30. The third kappa shape index (κ3) is 2.33. The van der Waals surface area contributed by atoms with Gasteiger partial charge < -0.3 is 10.2 Å². The Bertz CT molecular complexity index is 284. The fraction of sp³-hybridized carbons (Fsp3) is 0.923. The number of hydrogen-bond acceptors (Lipinski definition) is 3. The van der Waals surface area contributed by atoms with E-state index in [0.717, 1.165) is 45.6 Å². The van der Waals surface area contributed by atoms with Crippen LogP contribution < -0.4 is 5.32 Å². The fourth-order valence-electron chi connectivity index (χ4n) is 3.09. The standard InChI is InChI=1S/C13H25N3O/c1-11(2)10-16-9-8-15(3)13(12(16)17)4-6-14-7-5-13/h11,14H,4-10H2,1-3H3. The predicted octanol–water partition coefficient (Wildman–Crippen LogP) is 0.539. The van der Waals surface area contributed by atoms with E-state index in [0.29, 0.717) is 11.8 Å². The molecule has 0 aromatic heterocycles. The Morgan fingerprint density at radius 3 is 2.53 bits per heavy atom. The molecule has 2 aliphatic heterocycles. The molecule has 2 aliphatic rings. The largest absolute Gasteiger partial charge is 0.340 e. The minimum Gasteiger partial charge on any atom is -0.340 e. The van der Waals surface area contributed by atoms with Crippen molar-refractivity contribution in [2.45, 2.75) is 32.2 Å². The molecule has 0 unspecified atom stereocenters. The summed E-state index contributed by atoms with van der Waals surface area (Å²) in [4.78, 5) is 17.1. The maximum Gasteiger partial charge on any atom is 0.243 e. The van der Waals surface area contributed by atoms with Crippen LogP contribution in [0.1, 0.15) is 26.7 Å². The van der Waals surface area contributed by atoms with Gasteiger partial charge in [0.05, 0.1) is 0 Å². The third-order valence-electron chi connectivity index (χ3n) is 4.14. The minimum absolute atomic E-state index is 0.210. The SMILES string of the molecule is CC(C)CN1CCN(C)C2(CCNCC2)C1=O. The molecule has 2 rings (SSSR count). The summed E-state index contributed by atoms with van der Waals surface area (Å²) in [5, 5.41) is 3.36. The Kier molecular flexibility index (Phi) is 3.73. The van der Waals surface area contributed by atoms with Crippen LogP contribution >= 0.6 is 0 Å². The summed E-state index contributed by atoms with van der Waals surface area (Å²) >= 11 is 0. The van der Waals surface area contributed by atoms with E-state index in [1.807, 2.05) is 0 Å². The zero-order chi connectivity index (χ0) is 12.5. The van der Waals surface area contributed by atoms with Crippen molar-refractivity contribution in [3.8, 4) is 0 Å². The van der Waals surface area contributed by atoms with Crippen molar-refractivity contribution in [2.75, 3.05) is 39.8 Å². The molecule has 0 bridgehead atoms. The molecule has 1 amide bonds. The number of likely N-dealkylation sites (N-methyl/N-ethyl adjacent to an activating group) is 1. The van der Waals surface area contributed by atoms with Gasteiger partial charge in [0.2, 0.25) is 5.91 Å². The number of carbonyl (C=O) groups excluding carboxylic acids is 1. The summed E-state index contributed by atoms with van der Waals surface area (Å²) in [7, 11) is 2.11. The van der Waals surface area contributed by atoms with Crippen molar-refractivity contribution in [2.24, 2.45) is 5.92 Å². The van der Waals surface area contributed by atoms with E-state index < -0.39 is 0 Å². The van der Waals surface area contributed by atoms with Crippen LogP contribution in [0.25, 0.3) is 0 Å². The molecular weight excluding hydrogens is 214 g/mol. The van der Waals surface area contributed by atoms with Crippen molar-refractivity contribution in [3.05, 3.63) is 0 Å². The van der Waals surface area contributed by atoms with Crippen molar-refractivity contribution in [3.63, 3.8) is 0 Å². The average Bonchev–Trinajstić information content (AvgIpc) is 2.32. The van der Waals surface area contributed by atoms with Crippen LogP contribution in [-0.4, -0.2) is 61.0 Å². The lowest BCUT2D eigenvalue weighted by atomic mass is 9.83. The summed E-state index contributed by atoms with van der Waals surface area (Å²) in [6.45, 7) is 9.10. The number of piperazine rings is 1. The van der Waals surface area contributed by atoms with Gasteiger partial charge in [-0.05, 0) is 38.9 Å². The Labute approximate surface area is 104 Å². The highest BCUT2D eigenvalue weighted by molar-refractivity contribution is 5.87. The van der Waals surface area contributed by atoms with E-state index in [2.05, 4.69) is 36.0 Å². The second kappa shape index (κ2) is 4.94. The highest BCUT2D eigenvalue weighted by atomic mass is 16.2. The van der Waals surface area contributed by atoms with Crippen LogP contribution in [0.5, 0.6) is 0 Å². The van der Waals surface area contributed by atoms with Gasteiger partial charge in [0, 0.05) is 19.6 Å². The lowest BCUT2D eigenvalue weighted by Crippen LogP contribution is -2.67. The van der Waals surface area contributed by atoms with Gasteiger partial charge in [0.25, 0.3) is 0 Å². The molecule has 98 valence electrons. The molecular formula is C13H25N3O. The Hall–Kier alpha value is -0.610. The van der Waals surface area contributed by atoms with Crippen molar-refractivity contribution in [1.82, 2.24) is 15.1 Å². The zero-order valence-electron chi connectivity index (χ0n) is 11.3. The number of hydrogen-bond donors (Lipinski definition) is 1. The molecule has 4 heteroatoms. The van der Waals surface area contributed by atoms with Gasteiger partial charge in [-0.15, -0.1) is 0 Å². The topological polar surface area (TPSA) is 35.6 Å². The highest BCUT2D eigenvalue weighted by Gasteiger charge is 2.47. The van der Waals surface area contributed by atoms with Gasteiger partial charge in [0.1, 0.15) is 5.54 Å². The Balaban J connectivity index is 2.14. The van der Waals surface area contributed by atoms with E-state index >= 15 is 0 Å². The zero-order valence-corrected chi connectivity index (χ0v) is 11.3. The molecule has 0 atom stereocenters. The summed E-state index contributed by atoms with van der Waals surface area (Å²) in [5.74, 6) is 0.919. The number of nitrogens with zero attached hydrogens (tertiary/aromatic N) is 2. The molecule has 17 heavy (non-hydrogen) atoms. The maximum atomic E-state index is 12.7. The van der Waals surface area contributed by atoms with Gasteiger partial charge >= 0.3 is 0 Å². The first-order valence-electron chi connectivity index (χ1n) is 6.77. The van der Waals surface area contributed by atoms with Crippen LogP contribution in [0.4, 0.5) is 0 Å². The number of nitrogens with one attached hydrogen (secondary N) is 1. The van der Waals surface area contributed by atoms with Gasteiger partial charge in [-0.1, -0.05) is 13.8 Å². The van der Waals surface area contributed by atoms with Crippen LogP contribution in [-0.2, 0) is 4.79 Å². The molecule has 1 spiro atoms. The first-order chi connectivity index (χ1) is 8.06. The van der Waals surface area contributed by atoms with Crippen LogP contribution in [0.2, 0.25) is 0 Å². The molecule has 0 aromatic rings. The van der Waals surface area contributed by atoms with Gasteiger partial charge in [0.15, 0.2) is 0 Å².